The number of nitrogens with zero attached hydrogens (tertiary/aromatic N) is 4. The summed E-state index contributed by atoms with van der Waals surface area (Å²) in [6.07, 6.45) is 0.778. The van der Waals surface area contributed by atoms with Crippen LogP contribution in [0.25, 0.3) is 10.6 Å². The van der Waals surface area contributed by atoms with Gasteiger partial charge in [-0.3, -0.25) is 0 Å². The van der Waals surface area contributed by atoms with Crippen LogP contribution in [0, 0.1) is 0 Å². The Hall–Kier alpha value is -2.84. The lowest BCUT2D eigenvalue weighted by Crippen LogP contribution is -2.04. The molecule has 2 aromatic heterocycles. The van der Waals surface area contributed by atoms with E-state index in [0.29, 0.717) is 0 Å². The van der Waals surface area contributed by atoms with Crippen LogP contribution in [-0.2, 0) is 18.7 Å². The average molecular weight is 453 g/mol. The second kappa shape index (κ2) is 9.98. The van der Waals surface area contributed by atoms with E-state index in [4.69, 9.17) is 14.5 Å². The minimum absolute atomic E-state index is 0.735. The van der Waals surface area contributed by atoms with Crippen molar-refractivity contribution >= 4 is 23.1 Å². The summed E-state index contributed by atoms with van der Waals surface area (Å²) >= 11 is 3.27. The summed E-state index contributed by atoms with van der Waals surface area (Å²) in [4.78, 5) is 4.81. The van der Waals surface area contributed by atoms with Gasteiger partial charge in [0.2, 0.25) is 0 Å². The van der Waals surface area contributed by atoms with Crippen molar-refractivity contribution in [2.24, 2.45) is 0 Å². The molecule has 0 spiro atoms. The van der Waals surface area contributed by atoms with Gasteiger partial charge in [0.05, 0.1) is 25.5 Å². The van der Waals surface area contributed by atoms with Gasteiger partial charge in [-0.15, -0.1) is 21.5 Å². The molecule has 0 N–H and O–H groups in total. The largest absolute Gasteiger partial charge is 0.497 e. The molecule has 2 aromatic carbocycles. The molecule has 0 saturated carbocycles. The van der Waals surface area contributed by atoms with Crippen molar-refractivity contribution in [1.82, 2.24) is 19.7 Å². The molecule has 31 heavy (non-hydrogen) atoms. The number of thiazole rings is 1. The van der Waals surface area contributed by atoms with Crippen molar-refractivity contribution in [2.75, 3.05) is 14.2 Å². The molecule has 0 unspecified atom stereocenters. The summed E-state index contributed by atoms with van der Waals surface area (Å²) < 4.78 is 13.0. The highest BCUT2D eigenvalue weighted by molar-refractivity contribution is 7.98. The Bertz CT molecular complexity index is 1140. The number of ether oxygens (including phenoxy) is 2. The molecule has 0 bridgehead atoms. The Kier molecular flexibility index (Phi) is 6.89. The van der Waals surface area contributed by atoms with E-state index in [2.05, 4.69) is 51.3 Å². The van der Waals surface area contributed by atoms with Gasteiger partial charge in [0.15, 0.2) is 5.16 Å². The third-order valence-corrected chi connectivity index (χ3v) is 6.78. The molecule has 0 aliphatic heterocycles. The molecule has 0 amide bonds. The van der Waals surface area contributed by atoms with Crippen LogP contribution >= 0.6 is 23.1 Å². The fourth-order valence-corrected chi connectivity index (χ4v) is 5.13. The van der Waals surface area contributed by atoms with Crippen LogP contribution in [0.5, 0.6) is 11.5 Å². The Morgan fingerprint density at radius 2 is 1.87 bits per heavy atom. The third-order valence-electron chi connectivity index (χ3n) is 4.85. The highest BCUT2D eigenvalue weighted by Crippen LogP contribution is 2.36. The third kappa shape index (κ3) is 4.91. The summed E-state index contributed by atoms with van der Waals surface area (Å²) in [6, 6.07) is 16.1. The first-order valence-electron chi connectivity index (χ1n) is 9.97. The van der Waals surface area contributed by atoms with Gasteiger partial charge in [-0.1, -0.05) is 42.1 Å². The Morgan fingerprint density at radius 3 is 2.61 bits per heavy atom. The van der Waals surface area contributed by atoms with Crippen molar-refractivity contribution in [3.05, 3.63) is 71.0 Å². The maximum atomic E-state index is 5.52. The molecule has 0 fully saturated rings. The van der Waals surface area contributed by atoms with Crippen molar-refractivity contribution in [1.29, 1.82) is 0 Å². The van der Waals surface area contributed by atoms with E-state index in [1.165, 1.54) is 5.56 Å². The van der Waals surface area contributed by atoms with Crippen LogP contribution < -0.4 is 9.47 Å². The Balaban J connectivity index is 1.47. The lowest BCUT2D eigenvalue weighted by Gasteiger charge is -2.08. The summed E-state index contributed by atoms with van der Waals surface area (Å²) in [7, 11) is 3.31. The number of aromatic nitrogens is 4. The highest BCUT2D eigenvalue weighted by Gasteiger charge is 2.15. The zero-order valence-corrected chi connectivity index (χ0v) is 19.4. The molecule has 0 saturated heterocycles. The Labute approximate surface area is 190 Å². The normalized spacial score (nSPS) is 10.9. The first-order valence-corrected chi connectivity index (χ1v) is 11.8. The number of methoxy groups -OCH3 is 2. The fourth-order valence-electron chi connectivity index (χ4n) is 3.26. The summed E-state index contributed by atoms with van der Waals surface area (Å²) in [5.74, 6) is 3.23. The maximum Gasteiger partial charge on any atom is 0.191 e. The van der Waals surface area contributed by atoms with Crippen LogP contribution in [0.1, 0.15) is 24.0 Å². The lowest BCUT2D eigenvalue weighted by atomic mass is 10.1. The molecule has 0 atom stereocenters. The van der Waals surface area contributed by atoms with E-state index in [9.17, 15) is 0 Å². The van der Waals surface area contributed by atoms with Gasteiger partial charge in [-0.05, 0) is 24.6 Å². The molecule has 2 heterocycles. The second-order valence-corrected chi connectivity index (χ2v) is 8.60. The van der Waals surface area contributed by atoms with Gasteiger partial charge in [-0.25, -0.2) is 4.98 Å². The molecule has 8 heteroatoms. The monoisotopic (exact) mass is 452 g/mol. The van der Waals surface area contributed by atoms with Crippen LogP contribution in [0.4, 0.5) is 0 Å². The standard InChI is InChI=1S/C23H24N4O2S2/c1-4-27-21(12-16-8-6-5-7-9-16)25-26-23(27)31-15-17-14-30-22(24-17)19-11-10-18(28-2)13-20(19)29-3/h5-11,13-14H,4,12,15H2,1-3H3. The minimum atomic E-state index is 0.735. The number of rotatable bonds is 9. The van der Waals surface area contributed by atoms with Crippen LogP contribution in [-0.4, -0.2) is 34.0 Å². The van der Waals surface area contributed by atoms with Gasteiger partial charge >= 0.3 is 0 Å². The summed E-state index contributed by atoms with van der Waals surface area (Å²) in [5, 5.41) is 12.8. The maximum absolute atomic E-state index is 5.52. The van der Waals surface area contributed by atoms with Gasteiger partial charge in [-0.2, -0.15) is 0 Å². The van der Waals surface area contributed by atoms with Crippen LogP contribution in [0.3, 0.4) is 0 Å². The van der Waals surface area contributed by atoms with Gasteiger partial charge in [0, 0.05) is 30.2 Å². The molecule has 0 aliphatic carbocycles. The van der Waals surface area contributed by atoms with Crippen molar-refractivity contribution in [3.8, 4) is 22.1 Å². The van der Waals surface area contributed by atoms with Crippen molar-refractivity contribution in [2.45, 2.75) is 30.8 Å². The molecule has 160 valence electrons. The molecule has 0 aliphatic rings. The number of thioether (sulfide) groups is 1. The lowest BCUT2D eigenvalue weighted by molar-refractivity contribution is 0.395. The molecule has 4 aromatic rings. The molecular formula is C23H24N4O2S2. The topological polar surface area (TPSA) is 62.1 Å². The number of hydrogen-bond donors (Lipinski definition) is 0. The van der Waals surface area contributed by atoms with E-state index in [-0.39, 0.29) is 0 Å². The SMILES string of the molecule is CCn1c(Cc2ccccc2)nnc1SCc1csc(-c2ccc(OC)cc2OC)n1. The van der Waals surface area contributed by atoms with Crippen molar-refractivity contribution < 1.29 is 9.47 Å². The predicted octanol–water partition coefficient (Wildman–Crippen LogP) is 5.32. The first-order chi connectivity index (χ1) is 15.2. The number of benzene rings is 2. The molecule has 0 radical (unpaired) electrons. The number of hydrogen-bond acceptors (Lipinski definition) is 7. The first kappa shape index (κ1) is 21.4. The van der Waals surface area contributed by atoms with Crippen molar-refractivity contribution in [3.63, 3.8) is 0 Å². The van der Waals surface area contributed by atoms with Gasteiger partial charge < -0.3 is 14.0 Å². The van der Waals surface area contributed by atoms with Crippen LogP contribution in [0.2, 0.25) is 0 Å². The smallest absolute Gasteiger partial charge is 0.191 e. The fraction of sp³-hybridized carbons (Fsp3) is 0.261. The predicted molar refractivity (Wildman–Crippen MR) is 125 cm³/mol. The summed E-state index contributed by atoms with van der Waals surface area (Å²) in [5.41, 5.74) is 3.21. The zero-order chi connectivity index (χ0) is 21.6. The van der Waals surface area contributed by atoms with E-state index >= 15 is 0 Å². The van der Waals surface area contributed by atoms with E-state index < -0.39 is 0 Å². The van der Waals surface area contributed by atoms with Gasteiger partial charge in [0.25, 0.3) is 0 Å². The molecule has 4 rings (SSSR count). The average Bonchev–Trinajstić information content (AvgIpc) is 3.44. The van der Waals surface area contributed by atoms with E-state index in [0.717, 1.165) is 57.5 Å². The van der Waals surface area contributed by atoms with Gasteiger partial charge in [0.1, 0.15) is 22.3 Å². The van der Waals surface area contributed by atoms with E-state index in [1.54, 1.807) is 37.3 Å². The van der Waals surface area contributed by atoms with Crippen LogP contribution in [0.15, 0.2) is 59.1 Å². The quantitative estimate of drug-likeness (QED) is 0.320. The zero-order valence-electron chi connectivity index (χ0n) is 17.7. The second-order valence-electron chi connectivity index (χ2n) is 6.80. The summed E-state index contributed by atoms with van der Waals surface area (Å²) in [6.45, 7) is 2.96. The Morgan fingerprint density at radius 1 is 1.03 bits per heavy atom. The molecule has 6 nitrogen and oxygen atoms in total. The highest BCUT2D eigenvalue weighted by atomic mass is 32.2. The molecular weight excluding hydrogens is 428 g/mol. The minimum Gasteiger partial charge on any atom is -0.497 e. The van der Waals surface area contributed by atoms with E-state index in [1.807, 2.05) is 24.3 Å².